The molecule has 0 aliphatic rings. The van der Waals surface area contributed by atoms with Gasteiger partial charge < -0.3 is 5.32 Å². The van der Waals surface area contributed by atoms with E-state index in [1.54, 1.807) is 24.3 Å². The third-order valence-corrected chi connectivity index (χ3v) is 5.52. The summed E-state index contributed by atoms with van der Waals surface area (Å²) in [5, 5.41) is 3.71. The fourth-order valence-electron chi connectivity index (χ4n) is 2.80. The van der Waals surface area contributed by atoms with E-state index in [-0.39, 0.29) is 18.0 Å². The number of rotatable bonds is 4. The van der Waals surface area contributed by atoms with Crippen molar-refractivity contribution < 1.29 is 9.18 Å². The van der Waals surface area contributed by atoms with E-state index >= 15 is 0 Å². The van der Waals surface area contributed by atoms with Crippen LogP contribution in [0, 0.1) is 5.82 Å². The summed E-state index contributed by atoms with van der Waals surface area (Å²) in [5.74, 6) is -0.732. The van der Waals surface area contributed by atoms with Gasteiger partial charge in [-0.2, -0.15) is 0 Å². The maximum absolute atomic E-state index is 14.1. The first kappa shape index (κ1) is 17.6. The highest BCUT2D eigenvalue weighted by molar-refractivity contribution is 7.25. The van der Waals surface area contributed by atoms with Gasteiger partial charge in [-0.05, 0) is 29.8 Å². The van der Waals surface area contributed by atoms with Gasteiger partial charge in [-0.25, -0.2) is 9.37 Å². The smallest absolute Gasteiger partial charge is 0.271 e. The van der Waals surface area contributed by atoms with E-state index in [0.717, 1.165) is 5.56 Å². The fraction of sp³-hybridized carbons (Fsp3) is 0.105. The van der Waals surface area contributed by atoms with Crippen molar-refractivity contribution in [2.24, 2.45) is 0 Å². The molecule has 0 spiro atoms. The molecule has 2 aromatic heterocycles. The van der Waals surface area contributed by atoms with Crippen LogP contribution in [0.4, 0.5) is 4.39 Å². The second kappa shape index (κ2) is 7.09. The van der Waals surface area contributed by atoms with Crippen LogP contribution in [0.25, 0.3) is 20.3 Å². The Kier molecular flexibility index (Phi) is 4.63. The summed E-state index contributed by atoms with van der Waals surface area (Å²) in [6, 6.07) is 11.8. The van der Waals surface area contributed by atoms with Gasteiger partial charge in [0.25, 0.3) is 5.56 Å². The first-order chi connectivity index (χ1) is 13.0. The number of fused-ring (bicyclic) bond motifs is 3. The number of nitrogens with zero attached hydrogens (tertiary/aromatic N) is 2. The molecule has 136 valence electrons. The second-order valence-electron chi connectivity index (χ2n) is 5.97. The Bertz CT molecular complexity index is 1220. The zero-order valence-electron chi connectivity index (χ0n) is 13.9. The Balaban J connectivity index is 1.57. The summed E-state index contributed by atoms with van der Waals surface area (Å²) in [6.45, 7) is 0.167. The first-order valence-electron chi connectivity index (χ1n) is 8.10. The van der Waals surface area contributed by atoms with Gasteiger partial charge in [-0.15, -0.1) is 11.3 Å². The minimum atomic E-state index is -0.413. The SMILES string of the molecule is O=C(Cn1cnc2c(sc3cccc(F)c32)c1=O)NCc1ccc(Cl)cc1. The largest absolute Gasteiger partial charge is 0.350 e. The van der Waals surface area contributed by atoms with Crippen molar-refractivity contribution >= 4 is 49.1 Å². The molecular weight excluding hydrogens is 389 g/mol. The van der Waals surface area contributed by atoms with Gasteiger partial charge in [0, 0.05) is 16.3 Å². The molecule has 1 amide bonds. The molecule has 0 aliphatic heterocycles. The number of halogens is 2. The summed E-state index contributed by atoms with van der Waals surface area (Å²) in [4.78, 5) is 29.1. The standard InChI is InChI=1S/C19H13ClFN3O2S/c20-12-6-4-11(5-7-12)8-22-15(25)9-24-10-23-17-16-13(21)2-1-3-14(16)27-18(17)19(24)26/h1-7,10H,8-9H2,(H,22,25). The molecule has 0 aliphatic carbocycles. The highest BCUT2D eigenvalue weighted by Crippen LogP contribution is 2.31. The molecule has 0 saturated carbocycles. The van der Waals surface area contributed by atoms with E-state index in [4.69, 9.17) is 11.6 Å². The number of benzene rings is 2. The number of amides is 1. The molecule has 0 atom stereocenters. The van der Waals surface area contributed by atoms with Crippen molar-refractivity contribution in [3.63, 3.8) is 0 Å². The molecule has 4 aromatic rings. The molecule has 2 heterocycles. The van der Waals surface area contributed by atoms with Crippen molar-refractivity contribution in [2.75, 3.05) is 0 Å². The molecule has 0 saturated heterocycles. The molecule has 1 N–H and O–H groups in total. The van der Waals surface area contributed by atoms with Crippen molar-refractivity contribution in [3.05, 3.63) is 75.5 Å². The summed E-state index contributed by atoms with van der Waals surface area (Å²) < 4.78 is 16.3. The van der Waals surface area contributed by atoms with Crippen LogP contribution in [-0.2, 0) is 17.9 Å². The predicted octanol–water partition coefficient (Wildman–Crippen LogP) is 3.72. The van der Waals surface area contributed by atoms with E-state index < -0.39 is 5.82 Å². The van der Waals surface area contributed by atoms with Gasteiger partial charge in [-0.1, -0.05) is 29.8 Å². The van der Waals surface area contributed by atoms with Gasteiger partial charge in [-0.3, -0.25) is 14.2 Å². The fourth-order valence-corrected chi connectivity index (χ4v) is 4.04. The minimum absolute atomic E-state index is 0.161. The lowest BCUT2D eigenvalue weighted by molar-refractivity contribution is -0.121. The van der Waals surface area contributed by atoms with Crippen LogP contribution in [0.1, 0.15) is 5.56 Å². The van der Waals surface area contributed by atoms with Gasteiger partial charge in [0.2, 0.25) is 5.91 Å². The monoisotopic (exact) mass is 401 g/mol. The highest BCUT2D eigenvalue weighted by atomic mass is 35.5. The van der Waals surface area contributed by atoms with E-state index in [2.05, 4.69) is 10.3 Å². The van der Waals surface area contributed by atoms with Crippen LogP contribution in [-0.4, -0.2) is 15.5 Å². The van der Waals surface area contributed by atoms with Crippen molar-refractivity contribution in [2.45, 2.75) is 13.1 Å². The molecule has 5 nitrogen and oxygen atoms in total. The number of hydrogen-bond donors (Lipinski definition) is 1. The van der Waals surface area contributed by atoms with Crippen molar-refractivity contribution in [1.82, 2.24) is 14.9 Å². The zero-order chi connectivity index (χ0) is 19.0. The molecule has 0 bridgehead atoms. The Morgan fingerprint density at radius 2 is 2.00 bits per heavy atom. The molecule has 0 radical (unpaired) electrons. The highest BCUT2D eigenvalue weighted by Gasteiger charge is 2.15. The number of carbonyl (C=O) groups is 1. The van der Waals surface area contributed by atoms with Crippen LogP contribution < -0.4 is 10.9 Å². The summed E-state index contributed by atoms with van der Waals surface area (Å²) in [7, 11) is 0. The summed E-state index contributed by atoms with van der Waals surface area (Å²) >= 11 is 7.01. The van der Waals surface area contributed by atoms with Crippen LogP contribution in [0.2, 0.25) is 5.02 Å². The summed E-state index contributed by atoms with van der Waals surface area (Å²) in [6.07, 6.45) is 1.28. The average Bonchev–Trinajstić information content (AvgIpc) is 3.04. The molecule has 0 fully saturated rings. The maximum Gasteiger partial charge on any atom is 0.271 e. The molecule has 0 unspecified atom stereocenters. The lowest BCUT2D eigenvalue weighted by Crippen LogP contribution is -2.31. The lowest BCUT2D eigenvalue weighted by atomic mass is 10.2. The number of hydrogen-bond acceptors (Lipinski definition) is 4. The lowest BCUT2D eigenvalue weighted by Gasteiger charge is -2.07. The van der Waals surface area contributed by atoms with Gasteiger partial charge in [0.15, 0.2) is 0 Å². The Hall–Kier alpha value is -2.77. The zero-order valence-corrected chi connectivity index (χ0v) is 15.5. The quantitative estimate of drug-likeness (QED) is 0.567. The Morgan fingerprint density at radius 1 is 1.22 bits per heavy atom. The van der Waals surface area contributed by atoms with Crippen molar-refractivity contribution in [3.8, 4) is 0 Å². The van der Waals surface area contributed by atoms with Crippen LogP contribution in [0.15, 0.2) is 53.6 Å². The van der Waals surface area contributed by atoms with Gasteiger partial charge in [0.1, 0.15) is 17.1 Å². The number of nitrogens with one attached hydrogen (secondary N) is 1. The van der Waals surface area contributed by atoms with Crippen LogP contribution in [0.3, 0.4) is 0 Å². The van der Waals surface area contributed by atoms with E-state index in [0.29, 0.717) is 31.9 Å². The third kappa shape index (κ3) is 3.43. The van der Waals surface area contributed by atoms with E-state index in [9.17, 15) is 14.0 Å². The molecule has 27 heavy (non-hydrogen) atoms. The molecular formula is C19H13ClFN3O2S. The normalized spacial score (nSPS) is 11.2. The topological polar surface area (TPSA) is 64.0 Å². The first-order valence-corrected chi connectivity index (χ1v) is 9.29. The van der Waals surface area contributed by atoms with Crippen LogP contribution in [0.5, 0.6) is 0 Å². The predicted molar refractivity (Wildman–Crippen MR) is 105 cm³/mol. The van der Waals surface area contributed by atoms with E-state index in [1.807, 2.05) is 12.1 Å². The Labute approximate surface area is 162 Å². The molecule has 4 rings (SSSR count). The molecule has 8 heteroatoms. The van der Waals surface area contributed by atoms with Gasteiger partial charge in [0.05, 0.1) is 17.2 Å². The summed E-state index contributed by atoms with van der Waals surface area (Å²) in [5.41, 5.74) is 0.867. The number of thiophene rings is 1. The number of aromatic nitrogens is 2. The second-order valence-corrected chi connectivity index (χ2v) is 7.46. The number of carbonyl (C=O) groups excluding carboxylic acids is 1. The maximum atomic E-state index is 14.1. The Morgan fingerprint density at radius 3 is 2.78 bits per heavy atom. The van der Waals surface area contributed by atoms with Gasteiger partial charge >= 0.3 is 0 Å². The average molecular weight is 402 g/mol. The van der Waals surface area contributed by atoms with Crippen molar-refractivity contribution in [1.29, 1.82) is 0 Å². The minimum Gasteiger partial charge on any atom is -0.350 e. The molecule has 2 aromatic carbocycles. The van der Waals surface area contributed by atoms with Crippen LogP contribution >= 0.6 is 22.9 Å². The third-order valence-electron chi connectivity index (χ3n) is 4.14. The van der Waals surface area contributed by atoms with E-state index in [1.165, 1.54) is 28.3 Å².